The standard InChI is InChI=1S/C13H19NO4S2/c1-11-6-5-9-14(10-11)20(17,18)13-8-4-3-7-12(13)19(2,15)16/h3-4,7-8,11H,5-6,9-10H2,1-2H3. The van der Waals surface area contributed by atoms with Gasteiger partial charge in [-0.05, 0) is 30.9 Å². The van der Waals surface area contributed by atoms with Crippen molar-refractivity contribution >= 4 is 19.9 Å². The lowest BCUT2D eigenvalue weighted by Crippen LogP contribution is -2.39. The molecule has 1 aliphatic heterocycles. The van der Waals surface area contributed by atoms with Gasteiger partial charge in [0, 0.05) is 19.3 Å². The van der Waals surface area contributed by atoms with Gasteiger partial charge in [0.15, 0.2) is 9.84 Å². The van der Waals surface area contributed by atoms with Gasteiger partial charge in [-0.2, -0.15) is 4.31 Å². The number of nitrogens with zero attached hydrogens (tertiary/aromatic N) is 1. The molecule has 0 aromatic heterocycles. The van der Waals surface area contributed by atoms with Crippen LogP contribution >= 0.6 is 0 Å². The summed E-state index contributed by atoms with van der Waals surface area (Å²) >= 11 is 0. The molecular weight excluding hydrogens is 298 g/mol. The Kier molecular flexibility index (Phi) is 4.22. The molecule has 0 N–H and O–H groups in total. The maximum atomic E-state index is 12.7. The zero-order valence-electron chi connectivity index (χ0n) is 11.6. The Morgan fingerprint density at radius 2 is 1.70 bits per heavy atom. The lowest BCUT2D eigenvalue weighted by Gasteiger charge is -2.30. The van der Waals surface area contributed by atoms with Crippen LogP contribution in [-0.2, 0) is 19.9 Å². The Bertz CT molecular complexity index is 695. The van der Waals surface area contributed by atoms with Crippen LogP contribution in [0, 0.1) is 5.92 Å². The van der Waals surface area contributed by atoms with E-state index < -0.39 is 19.9 Å². The van der Waals surface area contributed by atoms with Gasteiger partial charge in [-0.15, -0.1) is 0 Å². The fourth-order valence-electron chi connectivity index (χ4n) is 2.47. The van der Waals surface area contributed by atoms with Crippen molar-refractivity contribution < 1.29 is 16.8 Å². The molecule has 1 fully saturated rings. The van der Waals surface area contributed by atoms with E-state index in [2.05, 4.69) is 0 Å². The third-order valence-electron chi connectivity index (χ3n) is 3.49. The summed E-state index contributed by atoms with van der Waals surface area (Å²) < 4.78 is 50.2. The molecule has 0 spiro atoms. The third-order valence-corrected chi connectivity index (χ3v) is 6.69. The molecule has 2 rings (SSSR count). The van der Waals surface area contributed by atoms with Crippen LogP contribution < -0.4 is 0 Å². The van der Waals surface area contributed by atoms with Crippen LogP contribution in [0.1, 0.15) is 19.8 Å². The first kappa shape index (κ1) is 15.5. The molecule has 1 aliphatic rings. The molecule has 112 valence electrons. The van der Waals surface area contributed by atoms with E-state index in [1.54, 1.807) is 6.07 Å². The second kappa shape index (κ2) is 5.46. The van der Waals surface area contributed by atoms with E-state index in [1.807, 2.05) is 6.92 Å². The predicted octanol–water partition coefficient (Wildman–Crippen LogP) is 1.51. The van der Waals surface area contributed by atoms with Crippen LogP contribution in [0.5, 0.6) is 0 Å². The summed E-state index contributed by atoms with van der Waals surface area (Å²) in [5, 5.41) is 0. The molecule has 1 aromatic rings. The summed E-state index contributed by atoms with van der Waals surface area (Å²) in [4.78, 5) is -0.241. The maximum absolute atomic E-state index is 12.7. The van der Waals surface area contributed by atoms with Crippen LogP contribution in [0.4, 0.5) is 0 Å². The maximum Gasteiger partial charge on any atom is 0.244 e. The summed E-state index contributed by atoms with van der Waals surface area (Å²) in [5.41, 5.74) is 0. The Morgan fingerprint density at radius 3 is 2.25 bits per heavy atom. The smallest absolute Gasteiger partial charge is 0.224 e. The first-order chi connectivity index (χ1) is 9.23. The number of sulfone groups is 1. The molecule has 1 unspecified atom stereocenters. The van der Waals surface area contributed by atoms with Gasteiger partial charge in [-0.25, -0.2) is 16.8 Å². The van der Waals surface area contributed by atoms with Crippen LogP contribution in [0.25, 0.3) is 0 Å². The quantitative estimate of drug-likeness (QED) is 0.847. The third kappa shape index (κ3) is 3.05. The highest BCUT2D eigenvalue weighted by molar-refractivity contribution is 7.93. The van der Waals surface area contributed by atoms with Gasteiger partial charge < -0.3 is 0 Å². The number of rotatable bonds is 3. The number of hydrogen-bond acceptors (Lipinski definition) is 4. The fourth-order valence-corrected chi connectivity index (χ4v) is 5.67. The normalized spacial score (nSPS) is 21.8. The molecule has 1 saturated heterocycles. The molecule has 20 heavy (non-hydrogen) atoms. The Morgan fingerprint density at radius 1 is 1.10 bits per heavy atom. The fraction of sp³-hybridized carbons (Fsp3) is 0.538. The van der Waals surface area contributed by atoms with Crippen molar-refractivity contribution in [1.29, 1.82) is 0 Å². The average Bonchev–Trinajstić information content (AvgIpc) is 2.38. The van der Waals surface area contributed by atoms with Crippen molar-refractivity contribution in [3.8, 4) is 0 Å². The Labute approximate surface area is 120 Å². The molecule has 0 saturated carbocycles. The summed E-state index contributed by atoms with van der Waals surface area (Å²) in [5.74, 6) is 0.295. The molecule has 7 heteroatoms. The Hall–Kier alpha value is -0.920. The van der Waals surface area contributed by atoms with E-state index in [4.69, 9.17) is 0 Å². The van der Waals surface area contributed by atoms with Crippen LogP contribution in [0.2, 0.25) is 0 Å². The van der Waals surface area contributed by atoms with E-state index in [1.165, 1.54) is 22.5 Å². The van der Waals surface area contributed by atoms with Gasteiger partial charge >= 0.3 is 0 Å². The molecule has 0 radical (unpaired) electrons. The van der Waals surface area contributed by atoms with Crippen molar-refractivity contribution in [1.82, 2.24) is 4.31 Å². The highest BCUT2D eigenvalue weighted by Crippen LogP contribution is 2.27. The van der Waals surface area contributed by atoms with Gasteiger partial charge in [0.1, 0.15) is 4.90 Å². The summed E-state index contributed by atoms with van der Waals surface area (Å²) in [6.45, 7) is 2.90. The minimum Gasteiger partial charge on any atom is -0.224 e. The summed E-state index contributed by atoms with van der Waals surface area (Å²) in [6.07, 6.45) is 2.83. The SMILES string of the molecule is CC1CCCN(S(=O)(=O)c2ccccc2S(C)(=O)=O)C1. The Balaban J connectivity index is 2.50. The molecule has 5 nitrogen and oxygen atoms in total. The molecular formula is C13H19NO4S2. The monoisotopic (exact) mass is 317 g/mol. The van der Waals surface area contributed by atoms with Gasteiger partial charge in [0.2, 0.25) is 10.0 Å². The van der Waals surface area contributed by atoms with Crippen molar-refractivity contribution in [2.45, 2.75) is 29.6 Å². The van der Waals surface area contributed by atoms with Crippen LogP contribution in [0.15, 0.2) is 34.1 Å². The number of sulfonamides is 1. The molecule has 1 aromatic carbocycles. The van der Waals surface area contributed by atoms with Gasteiger partial charge in [0.05, 0.1) is 4.90 Å². The second-order valence-electron chi connectivity index (χ2n) is 5.33. The van der Waals surface area contributed by atoms with Gasteiger partial charge in [-0.1, -0.05) is 19.1 Å². The zero-order chi connectivity index (χ0) is 15.0. The second-order valence-corrected chi connectivity index (χ2v) is 9.22. The zero-order valence-corrected chi connectivity index (χ0v) is 13.2. The molecule has 1 heterocycles. The highest BCUT2D eigenvalue weighted by atomic mass is 32.2. The predicted molar refractivity (Wildman–Crippen MR) is 76.7 cm³/mol. The number of benzene rings is 1. The van der Waals surface area contributed by atoms with Crippen molar-refractivity contribution in [2.75, 3.05) is 19.3 Å². The van der Waals surface area contributed by atoms with Gasteiger partial charge in [-0.3, -0.25) is 0 Å². The van der Waals surface area contributed by atoms with E-state index in [9.17, 15) is 16.8 Å². The molecule has 1 atom stereocenters. The number of hydrogen-bond donors (Lipinski definition) is 0. The lowest BCUT2D eigenvalue weighted by atomic mass is 10.0. The van der Waals surface area contributed by atoms with E-state index in [-0.39, 0.29) is 9.79 Å². The van der Waals surface area contributed by atoms with Crippen molar-refractivity contribution in [2.24, 2.45) is 5.92 Å². The number of piperidine rings is 1. The molecule has 0 amide bonds. The van der Waals surface area contributed by atoms with Gasteiger partial charge in [0.25, 0.3) is 0 Å². The van der Waals surface area contributed by atoms with E-state index in [0.29, 0.717) is 19.0 Å². The average molecular weight is 317 g/mol. The molecule has 0 bridgehead atoms. The minimum atomic E-state index is -3.75. The first-order valence-electron chi connectivity index (χ1n) is 6.52. The van der Waals surface area contributed by atoms with Crippen LogP contribution in [0.3, 0.4) is 0 Å². The molecule has 0 aliphatic carbocycles. The first-order valence-corrected chi connectivity index (χ1v) is 9.85. The lowest BCUT2D eigenvalue weighted by molar-refractivity contribution is 0.281. The van der Waals surface area contributed by atoms with Crippen LogP contribution in [-0.4, -0.2) is 40.5 Å². The topological polar surface area (TPSA) is 71.5 Å². The van der Waals surface area contributed by atoms with Crippen molar-refractivity contribution in [3.63, 3.8) is 0 Å². The largest absolute Gasteiger partial charge is 0.244 e. The van der Waals surface area contributed by atoms with E-state index in [0.717, 1.165) is 19.1 Å². The minimum absolute atomic E-state index is 0.114. The summed E-state index contributed by atoms with van der Waals surface area (Å²) in [7, 11) is -7.33. The van der Waals surface area contributed by atoms with Crippen molar-refractivity contribution in [3.05, 3.63) is 24.3 Å². The van der Waals surface area contributed by atoms with E-state index >= 15 is 0 Å². The highest BCUT2D eigenvalue weighted by Gasteiger charge is 2.32. The summed E-state index contributed by atoms with van der Waals surface area (Å²) in [6, 6.07) is 5.80.